The molecule has 0 saturated carbocycles. The van der Waals surface area contributed by atoms with Crippen molar-refractivity contribution in [2.75, 3.05) is 11.9 Å². The molecule has 25 heavy (non-hydrogen) atoms. The lowest BCUT2D eigenvalue weighted by Crippen LogP contribution is -2.31. The van der Waals surface area contributed by atoms with E-state index in [1.165, 1.54) is 11.1 Å². The Hall–Kier alpha value is -1.65. The summed E-state index contributed by atoms with van der Waals surface area (Å²) < 4.78 is 1.06. The SMILES string of the molecule is CC[C@H](NCC(=O)Nc1c(C)cccc1C(C)C)c1ccc(Br)cc1. The Bertz CT molecular complexity index is 710. The molecule has 0 aliphatic heterocycles. The average Bonchev–Trinajstić information content (AvgIpc) is 2.58. The molecule has 1 atom stereocenters. The smallest absolute Gasteiger partial charge is 0.238 e. The minimum Gasteiger partial charge on any atom is -0.324 e. The van der Waals surface area contributed by atoms with E-state index in [1.807, 2.05) is 31.2 Å². The van der Waals surface area contributed by atoms with E-state index in [9.17, 15) is 4.79 Å². The highest BCUT2D eigenvalue weighted by Gasteiger charge is 2.14. The van der Waals surface area contributed by atoms with Crippen LogP contribution >= 0.6 is 15.9 Å². The molecule has 0 aliphatic carbocycles. The molecule has 0 radical (unpaired) electrons. The van der Waals surface area contributed by atoms with E-state index in [2.05, 4.69) is 65.5 Å². The van der Waals surface area contributed by atoms with Gasteiger partial charge in [-0.2, -0.15) is 0 Å². The van der Waals surface area contributed by atoms with Crippen molar-refractivity contribution in [3.05, 3.63) is 63.6 Å². The Balaban J connectivity index is 2.02. The van der Waals surface area contributed by atoms with Crippen LogP contribution in [0.4, 0.5) is 5.69 Å². The molecule has 0 spiro atoms. The van der Waals surface area contributed by atoms with Gasteiger partial charge in [-0.1, -0.05) is 67.0 Å². The second kappa shape index (κ2) is 9.16. The van der Waals surface area contributed by atoms with Gasteiger partial charge in [-0.05, 0) is 48.1 Å². The summed E-state index contributed by atoms with van der Waals surface area (Å²) in [5.74, 6) is 0.362. The molecule has 0 heterocycles. The van der Waals surface area contributed by atoms with Gasteiger partial charge in [-0.25, -0.2) is 0 Å². The standard InChI is InChI=1S/C21H27BrN2O/c1-5-19(16-9-11-17(22)12-10-16)23-13-20(25)24-21-15(4)7-6-8-18(21)14(2)3/h6-12,14,19,23H,5,13H2,1-4H3,(H,24,25)/t19-/m0/s1. The van der Waals surface area contributed by atoms with Gasteiger partial charge in [0.2, 0.25) is 5.91 Å². The highest BCUT2D eigenvalue weighted by molar-refractivity contribution is 9.10. The van der Waals surface area contributed by atoms with Crippen molar-refractivity contribution in [2.24, 2.45) is 0 Å². The van der Waals surface area contributed by atoms with E-state index in [-0.39, 0.29) is 11.9 Å². The van der Waals surface area contributed by atoms with Crippen LogP contribution in [0.25, 0.3) is 0 Å². The largest absolute Gasteiger partial charge is 0.324 e. The van der Waals surface area contributed by atoms with Crippen LogP contribution in [-0.2, 0) is 4.79 Å². The zero-order valence-corrected chi connectivity index (χ0v) is 17.0. The maximum atomic E-state index is 12.5. The van der Waals surface area contributed by atoms with Crippen LogP contribution in [-0.4, -0.2) is 12.5 Å². The molecule has 0 unspecified atom stereocenters. The first-order valence-corrected chi connectivity index (χ1v) is 9.59. The summed E-state index contributed by atoms with van der Waals surface area (Å²) in [6, 6.07) is 14.6. The number of halogens is 1. The first-order chi connectivity index (χ1) is 11.9. The van der Waals surface area contributed by atoms with Gasteiger partial charge >= 0.3 is 0 Å². The van der Waals surface area contributed by atoms with Gasteiger partial charge < -0.3 is 10.6 Å². The van der Waals surface area contributed by atoms with E-state index in [0.29, 0.717) is 12.5 Å². The molecule has 3 nitrogen and oxygen atoms in total. The molecule has 4 heteroatoms. The Kier molecular flexibility index (Phi) is 7.21. The van der Waals surface area contributed by atoms with Crippen molar-refractivity contribution in [2.45, 2.75) is 46.1 Å². The summed E-state index contributed by atoms with van der Waals surface area (Å²) in [4.78, 5) is 12.5. The van der Waals surface area contributed by atoms with Crippen molar-refractivity contribution < 1.29 is 4.79 Å². The van der Waals surface area contributed by atoms with Crippen molar-refractivity contribution in [1.29, 1.82) is 0 Å². The predicted octanol–water partition coefficient (Wildman–Crippen LogP) is 5.56. The normalized spacial score (nSPS) is 12.2. The van der Waals surface area contributed by atoms with Crippen LogP contribution in [0.1, 0.15) is 55.8 Å². The van der Waals surface area contributed by atoms with Crippen LogP contribution in [0.15, 0.2) is 46.9 Å². The summed E-state index contributed by atoms with van der Waals surface area (Å²) in [6.07, 6.45) is 0.927. The monoisotopic (exact) mass is 402 g/mol. The van der Waals surface area contributed by atoms with Gasteiger partial charge in [0.1, 0.15) is 0 Å². The highest BCUT2D eigenvalue weighted by atomic mass is 79.9. The summed E-state index contributed by atoms with van der Waals surface area (Å²) in [5, 5.41) is 6.46. The molecule has 0 bridgehead atoms. The van der Waals surface area contributed by atoms with Gasteiger partial charge in [-0.15, -0.1) is 0 Å². The van der Waals surface area contributed by atoms with Crippen LogP contribution < -0.4 is 10.6 Å². The minimum atomic E-state index is -0.00763. The third-order valence-electron chi connectivity index (χ3n) is 4.38. The molecule has 2 N–H and O–H groups in total. The second-order valence-corrected chi connectivity index (χ2v) is 7.55. The Morgan fingerprint density at radius 2 is 1.80 bits per heavy atom. The van der Waals surface area contributed by atoms with E-state index in [1.54, 1.807) is 0 Å². The van der Waals surface area contributed by atoms with Crippen molar-refractivity contribution >= 4 is 27.5 Å². The number of carbonyl (C=O) groups is 1. The number of amides is 1. The van der Waals surface area contributed by atoms with E-state index >= 15 is 0 Å². The lowest BCUT2D eigenvalue weighted by molar-refractivity contribution is -0.115. The van der Waals surface area contributed by atoms with Gasteiger partial charge in [0.25, 0.3) is 0 Å². The molecule has 1 amide bonds. The van der Waals surface area contributed by atoms with E-state index in [4.69, 9.17) is 0 Å². The maximum Gasteiger partial charge on any atom is 0.238 e. The molecule has 0 fully saturated rings. The zero-order valence-electron chi connectivity index (χ0n) is 15.4. The number of hydrogen-bond donors (Lipinski definition) is 2. The number of aryl methyl sites for hydroxylation is 1. The molecule has 0 aromatic heterocycles. The number of nitrogens with one attached hydrogen (secondary N) is 2. The van der Waals surface area contributed by atoms with Crippen LogP contribution in [0.3, 0.4) is 0 Å². The van der Waals surface area contributed by atoms with Crippen molar-refractivity contribution in [3.63, 3.8) is 0 Å². The predicted molar refractivity (Wildman–Crippen MR) is 109 cm³/mol. The maximum absolute atomic E-state index is 12.5. The number of hydrogen-bond acceptors (Lipinski definition) is 2. The van der Waals surface area contributed by atoms with Gasteiger partial charge in [0, 0.05) is 16.2 Å². The Morgan fingerprint density at radius 3 is 2.40 bits per heavy atom. The molecular formula is C21H27BrN2O. The fraction of sp³-hybridized carbons (Fsp3) is 0.381. The highest BCUT2D eigenvalue weighted by Crippen LogP contribution is 2.27. The first kappa shape index (κ1) is 19.7. The van der Waals surface area contributed by atoms with Crippen LogP contribution in [0.5, 0.6) is 0 Å². The summed E-state index contributed by atoms with van der Waals surface area (Å²) in [7, 11) is 0. The van der Waals surface area contributed by atoms with E-state index in [0.717, 1.165) is 22.1 Å². The van der Waals surface area contributed by atoms with Crippen molar-refractivity contribution in [1.82, 2.24) is 5.32 Å². The Morgan fingerprint density at radius 1 is 1.12 bits per heavy atom. The molecule has 2 aromatic carbocycles. The third kappa shape index (κ3) is 5.41. The van der Waals surface area contributed by atoms with Crippen LogP contribution in [0.2, 0.25) is 0 Å². The molecule has 2 rings (SSSR count). The minimum absolute atomic E-state index is 0.00763. The zero-order chi connectivity index (χ0) is 18.4. The fourth-order valence-corrected chi connectivity index (χ4v) is 3.20. The molecule has 134 valence electrons. The van der Waals surface area contributed by atoms with Gasteiger partial charge in [0.05, 0.1) is 6.54 Å². The van der Waals surface area contributed by atoms with Crippen LogP contribution in [0, 0.1) is 6.92 Å². The third-order valence-corrected chi connectivity index (χ3v) is 4.91. The summed E-state index contributed by atoms with van der Waals surface area (Å²) in [6.45, 7) is 8.73. The topological polar surface area (TPSA) is 41.1 Å². The molecule has 2 aromatic rings. The second-order valence-electron chi connectivity index (χ2n) is 6.64. The van der Waals surface area contributed by atoms with Gasteiger partial charge in [-0.3, -0.25) is 4.79 Å². The quantitative estimate of drug-likeness (QED) is 0.636. The molecule has 0 aliphatic rings. The molecular weight excluding hydrogens is 376 g/mol. The summed E-state index contributed by atoms with van der Waals surface area (Å²) in [5.41, 5.74) is 4.41. The number of anilines is 1. The fourth-order valence-electron chi connectivity index (χ4n) is 2.93. The lowest BCUT2D eigenvalue weighted by Gasteiger charge is -2.19. The number of rotatable bonds is 7. The number of benzene rings is 2. The van der Waals surface area contributed by atoms with Gasteiger partial charge in [0.15, 0.2) is 0 Å². The number of carbonyl (C=O) groups excluding carboxylic acids is 1. The Labute approximate surface area is 159 Å². The summed E-state index contributed by atoms with van der Waals surface area (Å²) >= 11 is 3.46. The van der Waals surface area contributed by atoms with Crippen molar-refractivity contribution in [3.8, 4) is 0 Å². The lowest BCUT2D eigenvalue weighted by atomic mass is 9.98. The average molecular weight is 403 g/mol. The molecule has 0 saturated heterocycles. The first-order valence-electron chi connectivity index (χ1n) is 8.80. The van der Waals surface area contributed by atoms with E-state index < -0.39 is 0 Å². The number of para-hydroxylation sites is 1.